The third-order valence-corrected chi connectivity index (χ3v) is 10.7. The number of allylic oxidation sites excluding steroid dienone is 2. The van der Waals surface area contributed by atoms with Gasteiger partial charge >= 0.3 is 37.7 Å². The van der Waals surface area contributed by atoms with Crippen LogP contribution in [0.3, 0.4) is 0 Å². The van der Waals surface area contributed by atoms with Crippen molar-refractivity contribution in [2.24, 2.45) is 0 Å². The molecule has 1 unspecified atom stereocenters. The summed E-state index contributed by atoms with van der Waals surface area (Å²) in [5.74, 6) is -0.356. The summed E-state index contributed by atoms with van der Waals surface area (Å²) in [4.78, 5) is 46.6. The minimum atomic E-state index is -0.276. The summed E-state index contributed by atoms with van der Waals surface area (Å²) < 4.78 is 27.6. The second-order valence-corrected chi connectivity index (χ2v) is 13.8. The van der Waals surface area contributed by atoms with Crippen molar-refractivity contribution in [3.8, 4) is 0 Å². The summed E-state index contributed by atoms with van der Waals surface area (Å²) in [6.45, 7) is 15.4. The predicted octanol–water partition coefficient (Wildman–Crippen LogP) is 7.18. The first kappa shape index (κ1) is 42.1. The van der Waals surface area contributed by atoms with E-state index in [1.807, 2.05) is 19.9 Å². The Morgan fingerprint density at radius 2 is 1.59 bits per heavy atom. The van der Waals surface area contributed by atoms with Gasteiger partial charge in [-0.15, -0.1) is 22.1 Å². The van der Waals surface area contributed by atoms with Gasteiger partial charge in [0.1, 0.15) is 0 Å². The van der Waals surface area contributed by atoms with Crippen LogP contribution in [0.2, 0.25) is 0 Å². The molecule has 0 fully saturated rings. The fourth-order valence-corrected chi connectivity index (χ4v) is 7.73. The molecular weight excluding hydrogens is 811 g/mol. The molecular formula is C41H50ClInN4O7-2. The van der Waals surface area contributed by atoms with E-state index in [-0.39, 0.29) is 42.5 Å². The molecule has 3 aliphatic rings. The number of esters is 1. The number of aromatic nitrogens is 4. The molecule has 0 saturated carbocycles. The van der Waals surface area contributed by atoms with Gasteiger partial charge in [-0.3, -0.25) is 14.6 Å². The number of hydrogen-bond acceptors (Lipinski definition) is 9. The van der Waals surface area contributed by atoms with Crippen molar-refractivity contribution < 1.29 is 33.3 Å². The van der Waals surface area contributed by atoms with Crippen molar-refractivity contribution in [2.75, 3.05) is 53.9 Å². The molecule has 1 aliphatic carbocycles. The number of carbonyl (C=O) groups is 2. The third kappa shape index (κ3) is 8.84. The Morgan fingerprint density at radius 3 is 2.28 bits per heavy atom. The van der Waals surface area contributed by atoms with Crippen LogP contribution in [-0.2, 0) is 34.9 Å². The Bertz CT molecular complexity index is 2060. The Balaban J connectivity index is 0.00000276. The average molecular weight is 861 g/mol. The number of ether oxygens (including phenoxy) is 5. The number of carbonyl (C=O) groups excluding carboxylic acids is 2. The van der Waals surface area contributed by atoms with E-state index in [0.29, 0.717) is 57.1 Å². The number of nitrogens with zero attached hydrogens (tertiary/aromatic N) is 4. The molecule has 2 aliphatic heterocycles. The van der Waals surface area contributed by atoms with Gasteiger partial charge in [0.2, 0.25) is 0 Å². The Labute approximate surface area is 336 Å². The number of Topliss-reactive ketones (excluding diaryl/α,β-unsaturated/α-hetero) is 1. The molecule has 13 heteroatoms. The Morgan fingerprint density at radius 1 is 0.926 bits per heavy atom. The molecule has 0 amide bonds. The summed E-state index contributed by atoms with van der Waals surface area (Å²) in [6.07, 6.45) is 1.54. The average Bonchev–Trinajstić information content (AvgIpc) is 3.92. The van der Waals surface area contributed by atoms with E-state index in [0.717, 1.165) is 102 Å². The zero-order valence-corrected chi connectivity index (χ0v) is 36.7. The van der Waals surface area contributed by atoms with Gasteiger partial charge in [0.25, 0.3) is 0 Å². The number of aryl methyl sites for hydroxylation is 2. The monoisotopic (exact) mass is 860 g/mol. The van der Waals surface area contributed by atoms with Crippen molar-refractivity contribution in [2.45, 2.75) is 85.2 Å². The minimum absolute atomic E-state index is 0.0337. The van der Waals surface area contributed by atoms with Gasteiger partial charge in [0, 0.05) is 48.7 Å². The first-order valence-electron chi connectivity index (χ1n) is 18.5. The Hall–Kier alpha value is -3.00. The molecule has 2 radical (unpaired) electrons. The molecule has 288 valence electrons. The molecule has 0 saturated heterocycles. The maximum absolute atomic E-state index is 13.6. The van der Waals surface area contributed by atoms with Crippen LogP contribution >= 0.6 is 8.58 Å². The summed E-state index contributed by atoms with van der Waals surface area (Å²) >= 11 is 0.822. The Kier molecular flexibility index (Phi) is 15.0. The van der Waals surface area contributed by atoms with Crippen LogP contribution < -0.4 is 9.97 Å². The van der Waals surface area contributed by atoms with Gasteiger partial charge in [-0.25, -0.2) is 4.98 Å². The predicted molar refractivity (Wildman–Crippen MR) is 211 cm³/mol. The molecule has 3 aromatic rings. The second kappa shape index (κ2) is 19.2. The van der Waals surface area contributed by atoms with E-state index in [1.165, 1.54) is 7.11 Å². The summed E-state index contributed by atoms with van der Waals surface area (Å²) in [7, 11) is 7.82. The molecule has 8 bridgehead atoms. The molecule has 11 nitrogen and oxygen atoms in total. The molecule has 5 heterocycles. The van der Waals surface area contributed by atoms with Gasteiger partial charge in [-0.2, -0.15) is 0 Å². The number of hydrogen-bond donors (Lipinski definition) is 0. The molecule has 54 heavy (non-hydrogen) atoms. The van der Waals surface area contributed by atoms with E-state index in [9.17, 15) is 9.59 Å². The van der Waals surface area contributed by atoms with Crippen LogP contribution in [0.4, 0.5) is 0 Å². The van der Waals surface area contributed by atoms with E-state index < -0.39 is 0 Å². The molecule has 3 aromatic heterocycles. The SMILES string of the molecule is CCC1=C(C)c2cc3[n-]c(cc4nc(c5c6[n-]c(cc1n2)c(C)c6C(=O)C5)[C@@H](CCC(=O)OC)[C@@H]4C)c(C)c3C(C)OCCOCCOCCOC.[Cl][In]. The summed E-state index contributed by atoms with van der Waals surface area (Å²) in [5.41, 5.74) is 13.0. The number of halogens is 1. The van der Waals surface area contributed by atoms with Crippen LogP contribution in [0, 0.1) is 13.8 Å². The van der Waals surface area contributed by atoms with Gasteiger partial charge in [-0.05, 0) is 62.8 Å². The first-order valence-corrected chi connectivity index (χ1v) is 22.7. The zero-order valence-electron chi connectivity index (χ0n) is 32.6. The van der Waals surface area contributed by atoms with Crippen LogP contribution in [0.15, 0.2) is 18.2 Å². The summed E-state index contributed by atoms with van der Waals surface area (Å²) in [6, 6.07) is 6.12. The normalized spacial score (nSPS) is 16.8. The van der Waals surface area contributed by atoms with E-state index in [2.05, 4.69) is 39.8 Å². The van der Waals surface area contributed by atoms with Crippen molar-refractivity contribution in [3.63, 3.8) is 0 Å². The molecule has 6 rings (SSSR count). The van der Waals surface area contributed by atoms with E-state index in [4.69, 9.17) is 52.2 Å². The summed E-state index contributed by atoms with van der Waals surface area (Å²) in [5, 5.41) is 0. The zero-order chi connectivity index (χ0) is 39.1. The quantitative estimate of drug-likeness (QED) is 0.114. The molecule has 0 aromatic carbocycles. The van der Waals surface area contributed by atoms with Crippen molar-refractivity contribution in [1.29, 1.82) is 0 Å². The second-order valence-electron chi connectivity index (χ2n) is 13.8. The van der Waals surface area contributed by atoms with Crippen LogP contribution in [0.5, 0.6) is 0 Å². The molecule has 0 spiro atoms. The molecule has 3 atom stereocenters. The molecule has 0 N–H and O–H groups in total. The van der Waals surface area contributed by atoms with Gasteiger partial charge in [0.05, 0.1) is 64.2 Å². The topological polar surface area (TPSA) is 134 Å². The maximum atomic E-state index is 13.6. The van der Waals surface area contributed by atoms with E-state index in [1.54, 1.807) is 7.11 Å². The van der Waals surface area contributed by atoms with Crippen molar-refractivity contribution in [3.05, 3.63) is 68.8 Å². The number of ketones is 1. The standard InChI is InChI=1S/C41H51N4O7.ClH.In/c1-9-27-22(2)30-21-35-38(26(6)52-17-16-51-15-14-50-13-12-48-7)24(4)32(43-35)19-31-23(3)28(10-11-37(47)49-8)40(44-31)29-18-36(46)39-25(5)33(45-41(29)39)20-34(27)42-30;;/h19-21,23,26,28H,9-18H2,1-8H3,(H-,42,43,44,45,46);1H;/q-1;;+1/p-2/t23-,26?,28-;;/m0../s1. The first-order chi connectivity index (χ1) is 26.1. The van der Waals surface area contributed by atoms with Gasteiger partial charge in [-0.1, -0.05) is 43.2 Å². The van der Waals surface area contributed by atoms with Crippen LogP contribution in [0.1, 0.15) is 120 Å². The number of rotatable bonds is 15. The van der Waals surface area contributed by atoms with Gasteiger partial charge < -0.3 is 33.7 Å². The van der Waals surface area contributed by atoms with Gasteiger partial charge in [0.15, 0.2) is 5.78 Å². The van der Waals surface area contributed by atoms with Crippen molar-refractivity contribution >= 4 is 76.7 Å². The fraction of sp³-hybridized carbons (Fsp3) is 0.512. The number of methoxy groups -OCH3 is 2. The fourth-order valence-electron chi connectivity index (χ4n) is 7.73. The van der Waals surface area contributed by atoms with E-state index >= 15 is 0 Å². The van der Waals surface area contributed by atoms with Crippen molar-refractivity contribution in [1.82, 2.24) is 19.9 Å². The van der Waals surface area contributed by atoms with Crippen LogP contribution in [0.25, 0.3) is 33.2 Å². The number of fused-ring (bicyclic) bond motifs is 8. The third-order valence-electron chi connectivity index (χ3n) is 10.7. The van der Waals surface area contributed by atoms with Crippen LogP contribution in [-0.4, -0.2) is 98.8 Å².